The van der Waals surface area contributed by atoms with Crippen molar-refractivity contribution < 1.29 is 23.8 Å². The summed E-state index contributed by atoms with van der Waals surface area (Å²) in [6, 6.07) is 4.10. The summed E-state index contributed by atoms with van der Waals surface area (Å²) in [6.45, 7) is 1.19. The molecule has 0 fully saturated rings. The van der Waals surface area contributed by atoms with Crippen molar-refractivity contribution in [3.8, 4) is 22.8 Å². The van der Waals surface area contributed by atoms with Crippen LogP contribution in [-0.2, 0) is 4.79 Å². The van der Waals surface area contributed by atoms with Crippen LogP contribution in [0.1, 0.15) is 6.92 Å². The lowest BCUT2D eigenvalue weighted by molar-refractivity contribution is -0.114. The molecular formula is C12H9ClFNO4. The van der Waals surface area contributed by atoms with E-state index in [-0.39, 0.29) is 22.2 Å². The maximum absolute atomic E-state index is 13.8. The summed E-state index contributed by atoms with van der Waals surface area (Å²) in [5, 5.41) is 21.3. The van der Waals surface area contributed by atoms with Crippen molar-refractivity contribution in [1.29, 1.82) is 0 Å². The number of hydrogen-bond acceptors (Lipinski definition) is 4. The second-order valence-corrected chi connectivity index (χ2v) is 4.15. The molecule has 2 aromatic rings. The highest BCUT2D eigenvalue weighted by atomic mass is 35.5. The number of halogens is 2. The van der Waals surface area contributed by atoms with Crippen molar-refractivity contribution in [1.82, 2.24) is 0 Å². The van der Waals surface area contributed by atoms with Gasteiger partial charge < -0.3 is 14.6 Å². The zero-order valence-corrected chi connectivity index (χ0v) is 10.5. The van der Waals surface area contributed by atoms with E-state index in [4.69, 9.17) is 16.0 Å². The van der Waals surface area contributed by atoms with Gasteiger partial charge in [-0.2, -0.15) is 0 Å². The molecule has 0 saturated heterocycles. The zero-order valence-electron chi connectivity index (χ0n) is 9.70. The number of amides is 1. The molecule has 1 amide bonds. The van der Waals surface area contributed by atoms with E-state index in [0.717, 1.165) is 0 Å². The third kappa shape index (κ3) is 2.34. The van der Waals surface area contributed by atoms with Gasteiger partial charge in [0.2, 0.25) is 23.3 Å². The molecule has 0 spiro atoms. The van der Waals surface area contributed by atoms with Crippen molar-refractivity contribution >= 4 is 23.4 Å². The van der Waals surface area contributed by atoms with Crippen LogP contribution in [0.3, 0.4) is 0 Å². The molecule has 0 saturated carbocycles. The van der Waals surface area contributed by atoms with Crippen LogP contribution in [0.15, 0.2) is 22.6 Å². The van der Waals surface area contributed by atoms with Gasteiger partial charge >= 0.3 is 0 Å². The summed E-state index contributed by atoms with van der Waals surface area (Å²) in [6.07, 6.45) is 0. The minimum absolute atomic E-state index is 0.128. The first-order chi connectivity index (χ1) is 8.91. The van der Waals surface area contributed by atoms with Crippen LogP contribution in [0.2, 0.25) is 5.02 Å². The van der Waals surface area contributed by atoms with E-state index in [1.54, 1.807) is 0 Å². The van der Waals surface area contributed by atoms with E-state index in [0.29, 0.717) is 0 Å². The number of anilines is 1. The number of aromatic hydroxyl groups is 2. The molecule has 0 unspecified atom stereocenters. The van der Waals surface area contributed by atoms with E-state index in [9.17, 15) is 19.4 Å². The first-order valence-corrected chi connectivity index (χ1v) is 5.56. The monoisotopic (exact) mass is 285 g/mol. The van der Waals surface area contributed by atoms with Gasteiger partial charge in [0.25, 0.3) is 0 Å². The Kier molecular flexibility index (Phi) is 3.35. The quantitative estimate of drug-likeness (QED) is 0.792. The molecule has 0 radical (unpaired) electrons. The summed E-state index contributed by atoms with van der Waals surface area (Å²) in [7, 11) is 0. The Morgan fingerprint density at radius 2 is 2.05 bits per heavy atom. The molecule has 0 atom stereocenters. The van der Waals surface area contributed by atoms with Crippen LogP contribution in [-0.4, -0.2) is 16.1 Å². The van der Waals surface area contributed by atoms with Crippen LogP contribution in [0, 0.1) is 5.82 Å². The maximum Gasteiger partial charge on any atom is 0.246 e. The number of rotatable bonds is 2. The molecular weight excluding hydrogens is 277 g/mol. The van der Waals surface area contributed by atoms with Gasteiger partial charge in [0.15, 0.2) is 11.6 Å². The fourth-order valence-electron chi connectivity index (χ4n) is 1.52. The van der Waals surface area contributed by atoms with Gasteiger partial charge in [-0.1, -0.05) is 17.7 Å². The summed E-state index contributed by atoms with van der Waals surface area (Å²) in [5.41, 5.74) is -0.128. The normalized spacial score (nSPS) is 10.5. The predicted octanol–water partition coefficient (Wildman–Crippen LogP) is 3.11. The molecule has 0 aliphatic carbocycles. The average molecular weight is 286 g/mol. The topological polar surface area (TPSA) is 82.7 Å². The van der Waals surface area contributed by atoms with Crippen LogP contribution in [0.5, 0.6) is 11.5 Å². The summed E-state index contributed by atoms with van der Waals surface area (Å²) in [4.78, 5) is 10.9. The van der Waals surface area contributed by atoms with E-state index >= 15 is 0 Å². The van der Waals surface area contributed by atoms with Crippen LogP contribution in [0.4, 0.5) is 10.3 Å². The number of carbonyl (C=O) groups is 1. The first-order valence-electron chi connectivity index (χ1n) is 5.18. The van der Waals surface area contributed by atoms with Gasteiger partial charge in [0, 0.05) is 6.92 Å². The van der Waals surface area contributed by atoms with Crippen LogP contribution >= 0.6 is 11.6 Å². The minimum Gasteiger partial charge on any atom is -0.502 e. The fourth-order valence-corrected chi connectivity index (χ4v) is 1.69. The Morgan fingerprint density at radius 3 is 2.68 bits per heavy atom. The summed E-state index contributed by atoms with van der Waals surface area (Å²) < 4.78 is 18.8. The van der Waals surface area contributed by atoms with Crippen LogP contribution < -0.4 is 5.32 Å². The molecule has 5 nitrogen and oxygen atoms in total. The van der Waals surface area contributed by atoms with E-state index in [1.807, 2.05) is 0 Å². The van der Waals surface area contributed by atoms with E-state index < -0.39 is 23.2 Å². The number of nitrogens with one attached hydrogen (secondary N) is 1. The molecule has 19 heavy (non-hydrogen) atoms. The second-order valence-electron chi connectivity index (χ2n) is 3.74. The highest BCUT2D eigenvalue weighted by Gasteiger charge is 2.24. The molecule has 1 aromatic carbocycles. The molecule has 1 heterocycles. The third-order valence-electron chi connectivity index (χ3n) is 2.34. The summed E-state index contributed by atoms with van der Waals surface area (Å²) in [5.74, 6) is -3.35. The standard InChI is InChI=1S/C12H9ClFNO4/c1-5(16)15-12-10(18)9(17)11(19-12)6-3-2-4-7(13)8(6)14/h2-4,17-18H,1H3,(H,15,16). The zero-order chi connectivity index (χ0) is 14.2. The van der Waals surface area contributed by atoms with Gasteiger partial charge in [-0.25, -0.2) is 4.39 Å². The van der Waals surface area contributed by atoms with Gasteiger partial charge in [-0.3, -0.25) is 10.1 Å². The Morgan fingerprint density at radius 1 is 1.37 bits per heavy atom. The molecule has 2 rings (SSSR count). The largest absolute Gasteiger partial charge is 0.502 e. The highest BCUT2D eigenvalue weighted by Crippen LogP contribution is 2.46. The van der Waals surface area contributed by atoms with Crippen molar-refractivity contribution in [2.75, 3.05) is 5.32 Å². The molecule has 7 heteroatoms. The van der Waals surface area contributed by atoms with E-state index in [2.05, 4.69) is 5.32 Å². The Hall–Kier alpha value is -2.21. The average Bonchev–Trinajstić information content (AvgIpc) is 2.61. The molecule has 1 aromatic heterocycles. The van der Waals surface area contributed by atoms with E-state index in [1.165, 1.54) is 25.1 Å². The van der Waals surface area contributed by atoms with Crippen LogP contribution in [0.25, 0.3) is 11.3 Å². The van der Waals surface area contributed by atoms with Crippen molar-refractivity contribution in [3.63, 3.8) is 0 Å². The second kappa shape index (κ2) is 4.81. The highest BCUT2D eigenvalue weighted by molar-refractivity contribution is 6.31. The lowest BCUT2D eigenvalue weighted by atomic mass is 10.1. The Balaban J connectivity index is 2.57. The van der Waals surface area contributed by atoms with Crippen molar-refractivity contribution in [2.45, 2.75) is 6.92 Å². The smallest absolute Gasteiger partial charge is 0.246 e. The minimum atomic E-state index is -0.803. The van der Waals surface area contributed by atoms with Gasteiger partial charge in [0.05, 0.1) is 10.6 Å². The predicted molar refractivity (Wildman–Crippen MR) is 66.7 cm³/mol. The third-order valence-corrected chi connectivity index (χ3v) is 2.64. The lowest BCUT2D eigenvalue weighted by Gasteiger charge is -2.01. The Labute approximate surface area is 112 Å². The molecule has 0 bridgehead atoms. The fraction of sp³-hybridized carbons (Fsp3) is 0.0833. The number of benzene rings is 1. The van der Waals surface area contributed by atoms with Crippen molar-refractivity contribution in [2.24, 2.45) is 0 Å². The number of hydrogen-bond donors (Lipinski definition) is 3. The van der Waals surface area contributed by atoms with Gasteiger partial charge in [-0.05, 0) is 12.1 Å². The molecule has 0 aliphatic rings. The van der Waals surface area contributed by atoms with Gasteiger partial charge in [0.1, 0.15) is 0 Å². The Bertz CT molecular complexity index is 653. The SMILES string of the molecule is CC(=O)Nc1oc(-c2cccc(Cl)c2F)c(O)c1O. The molecule has 0 aliphatic heterocycles. The van der Waals surface area contributed by atoms with Gasteiger partial charge in [-0.15, -0.1) is 0 Å². The molecule has 100 valence electrons. The summed E-state index contributed by atoms with van der Waals surface area (Å²) >= 11 is 5.62. The number of furan rings is 1. The molecule has 3 N–H and O–H groups in total. The van der Waals surface area contributed by atoms with Crippen molar-refractivity contribution in [3.05, 3.63) is 29.0 Å². The number of carbonyl (C=O) groups excluding carboxylic acids is 1. The maximum atomic E-state index is 13.8. The lowest BCUT2D eigenvalue weighted by Crippen LogP contribution is -2.04. The first kappa shape index (κ1) is 13.2.